The summed E-state index contributed by atoms with van der Waals surface area (Å²) in [5, 5.41) is 17.5. The number of pyridine rings is 1. The largest absolute Gasteiger partial charge is 0.477 e. The molecule has 0 bridgehead atoms. The Labute approximate surface area is 107 Å². The van der Waals surface area contributed by atoms with E-state index in [2.05, 4.69) is 4.98 Å². The summed E-state index contributed by atoms with van der Waals surface area (Å²) in [4.78, 5) is 14.7. The zero-order chi connectivity index (χ0) is 13.8. The number of halogens is 1. The number of aromatic nitrogens is 1. The van der Waals surface area contributed by atoms with E-state index in [0.717, 1.165) is 6.07 Å². The topological polar surface area (TPSA) is 83.2 Å². The van der Waals surface area contributed by atoms with E-state index in [-0.39, 0.29) is 17.2 Å². The Morgan fingerprint density at radius 1 is 1.37 bits per heavy atom. The molecule has 0 fully saturated rings. The number of hydrogen-bond donors (Lipinski definition) is 1. The van der Waals surface area contributed by atoms with E-state index >= 15 is 0 Å². The fourth-order valence-electron chi connectivity index (χ4n) is 1.43. The van der Waals surface area contributed by atoms with Crippen LogP contribution in [0.5, 0.6) is 11.5 Å². The number of aromatic carboxylic acids is 1. The molecule has 0 aliphatic rings. The summed E-state index contributed by atoms with van der Waals surface area (Å²) < 4.78 is 18.7. The Hall–Kier alpha value is -2.94. The first kappa shape index (κ1) is 12.5. The molecule has 0 atom stereocenters. The number of hydrogen-bond acceptors (Lipinski definition) is 4. The molecule has 1 aromatic heterocycles. The zero-order valence-electron chi connectivity index (χ0n) is 9.50. The van der Waals surface area contributed by atoms with E-state index in [4.69, 9.17) is 15.1 Å². The van der Waals surface area contributed by atoms with Crippen molar-refractivity contribution in [2.75, 3.05) is 0 Å². The fourth-order valence-corrected chi connectivity index (χ4v) is 1.43. The molecule has 0 aliphatic carbocycles. The lowest BCUT2D eigenvalue weighted by molar-refractivity contribution is 0.0689. The van der Waals surface area contributed by atoms with Crippen molar-refractivity contribution in [3.63, 3.8) is 0 Å². The molecule has 0 saturated heterocycles. The average Bonchev–Trinajstić information content (AvgIpc) is 2.39. The highest BCUT2D eigenvalue weighted by Gasteiger charge is 2.17. The molecule has 0 amide bonds. The van der Waals surface area contributed by atoms with Gasteiger partial charge in [0.15, 0.2) is 0 Å². The molecule has 1 heterocycles. The van der Waals surface area contributed by atoms with E-state index in [1.54, 1.807) is 0 Å². The summed E-state index contributed by atoms with van der Waals surface area (Å²) in [6.07, 6.45) is 1.26. The third-order valence-electron chi connectivity index (χ3n) is 2.27. The summed E-state index contributed by atoms with van der Waals surface area (Å²) in [6.45, 7) is 0. The second-order valence-electron chi connectivity index (χ2n) is 3.51. The molecule has 2 rings (SSSR count). The molecule has 0 aliphatic heterocycles. The smallest absolute Gasteiger partial charge is 0.342 e. The van der Waals surface area contributed by atoms with Gasteiger partial charge in [-0.05, 0) is 24.3 Å². The third-order valence-corrected chi connectivity index (χ3v) is 2.27. The predicted octanol–water partition coefficient (Wildman–Crippen LogP) is 2.58. The van der Waals surface area contributed by atoms with Gasteiger partial charge in [-0.25, -0.2) is 14.2 Å². The molecule has 94 valence electrons. The molecule has 19 heavy (non-hydrogen) atoms. The second kappa shape index (κ2) is 5.14. The summed E-state index contributed by atoms with van der Waals surface area (Å²) in [5.41, 5.74) is -0.350. The maximum absolute atomic E-state index is 13.4. The fraction of sp³-hybridized carbons (Fsp3) is 0. The van der Waals surface area contributed by atoms with Crippen molar-refractivity contribution >= 4 is 5.97 Å². The van der Waals surface area contributed by atoms with Gasteiger partial charge < -0.3 is 9.84 Å². The first-order valence-electron chi connectivity index (χ1n) is 5.17. The van der Waals surface area contributed by atoms with Gasteiger partial charge in [0.1, 0.15) is 34.6 Å². The van der Waals surface area contributed by atoms with Gasteiger partial charge in [-0.2, -0.15) is 5.26 Å². The van der Waals surface area contributed by atoms with Gasteiger partial charge >= 0.3 is 5.97 Å². The molecule has 0 unspecified atom stereocenters. The van der Waals surface area contributed by atoms with Crippen LogP contribution in [0.2, 0.25) is 0 Å². The molecule has 2 aromatic rings. The molecule has 5 nitrogen and oxygen atoms in total. The maximum atomic E-state index is 13.4. The lowest BCUT2D eigenvalue weighted by Gasteiger charge is -2.08. The summed E-state index contributed by atoms with van der Waals surface area (Å²) in [7, 11) is 0. The number of ether oxygens (including phenoxy) is 1. The number of nitrogens with zero attached hydrogens (tertiary/aromatic N) is 2. The summed E-state index contributed by atoms with van der Waals surface area (Å²) in [6, 6.07) is 8.41. The Bertz CT molecular complexity index is 663. The van der Waals surface area contributed by atoms with Gasteiger partial charge in [-0.3, -0.25) is 0 Å². The van der Waals surface area contributed by atoms with E-state index in [9.17, 15) is 9.18 Å². The van der Waals surface area contributed by atoms with Crippen LogP contribution in [0, 0.1) is 17.1 Å². The average molecular weight is 258 g/mol. The van der Waals surface area contributed by atoms with Crippen molar-refractivity contribution in [2.24, 2.45) is 0 Å². The van der Waals surface area contributed by atoms with Crippen LogP contribution < -0.4 is 4.74 Å². The maximum Gasteiger partial charge on any atom is 0.342 e. The van der Waals surface area contributed by atoms with Gasteiger partial charge in [0.2, 0.25) is 0 Å². The highest BCUT2D eigenvalue weighted by atomic mass is 19.1. The minimum Gasteiger partial charge on any atom is -0.477 e. The van der Waals surface area contributed by atoms with Crippen LogP contribution in [-0.4, -0.2) is 16.1 Å². The number of carboxylic acids is 1. The lowest BCUT2D eigenvalue weighted by atomic mass is 10.2. The van der Waals surface area contributed by atoms with E-state index in [0.29, 0.717) is 0 Å². The van der Waals surface area contributed by atoms with Gasteiger partial charge in [0, 0.05) is 0 Å². The van der Waals surface area contributed by atoms with Crippen LogP contribution in [0.15, 0.2) is 36.5 Å². The van der Waals surface area contributed by atoms with Gasteiger partial charge in [0.25, 0.3) is 0 Å². The molecule has 0 radical (unpaired) electrons. The van der Waals surface area contributed by atoms with Crippen LogP contribution in [0.1, 0.15) is 16.1 Å². The minimum atomic E-state index is -1.42. The van der Waals surface area contributed by atoms with Gasteiger partial charge in [0.05, 0.1) is 6.20 Å². The van der Waals surface area contributed by atoms with Crippen molar-refractivity contribution in [1.82, 2.24) is 4.98 Å². The van der Waals surface area contributed by atoms with Crippen molar-refractivity contribution in [2.45, 2.75) is 0 Å². The SMILES string of the molecule is N#Cc1ccc(Oc2cccc(F)c2C(=O)O)cn1. The standard InChI is InChI=1S/C13H7FN2O3/c14-10-2-1-3-11(12(10)13(17)18)19-9-5-4-8(6-15)16-7-9/h1-5,7H,(H,17,18). The molecular formula is C13H7FN2O3. The molecule has 0 spiro atoms. The van der Waals surface area contributed by atoms with Crippen molar-refractivity contribution in [3.05, 3.63) is 53.6 Å². The van der Waals surface area contributed by atoms with E-state index in [1.807, 2.05) is 6.07 Å². The highest BCUT2D eigenvalue weighted by Crippen LogP contribution is 2.26. The molecule has 1 N–H and O–H groups in total. The Morgan fingerprint density at radius 2 is 2.16 bits per heavy atom. The summed E-state index contributed by atoms with van der Waals surface area (Å²) in [5.74, 6) is -2.22. The van der Waals surface area contributed by atoms with Crippen molar-refractivity contribution in [1.29, 1.82) is 5.26 Å². The molecular weight excluding hydrogens is 251 g/mol. The normalized spacial score (nSPS) is 9.68. The monoisotopic (exact) mass is 258 g/mol. The number of carboxylic acid groups (broad SMARTS) is 1. The minimum absolute atomic E-state index is 0.126. The molecule has 6 heteroatoms. The third kappa shape index (κ3) is 2.66. The van der Waals surface area contributed by atoms with Gasteiger partial charge in [-0.1, -0.05) is 6.07 Å². The summed E-state index contributed by atoms with van der Waals surface area (Å²) >= 11 is 0. The first-order chi connectivity index (χ1) is 9.11. The Kier molecular flexibility index (Phi) is 3.39. The van der Waals surface area contributed by atoms with E-state index in [1.165, 1.54) is 30.5 Å². The zero-order valence-corrected chi connectivity index (χ0v) is 9.50. The first-order valence-corrected chi connectivity index (χ1v) is 5.17. The Balaban J connectivity index is 2.35. The lowest BCUT2D eigenvalue weighted by Crippen LogP contribution is -2.03. The number of carbonyl (C=O) groups is 1. The second-order valence-corrected chi connectivity index (χ2v) is 3.51. The van der Waals surface area contributed by atoms with E-state index < -0.39 is 17.3 Å². The molecule has 1 aromatic carbocycles. The number of benzene rings is 1. The van der Waals surface area contributed by atoms with Crippen LogP contribution in [0.25, 0.3) is 0 Å². The van der Waals surface area contributed by atoms with Crippen LogP contribution >= 0.6 is 0 Å². The predicted molar refractivity (Wildman–Crippen MR) is 62.4 cm³/mol. The van der Waals surface area contributed by atoms with Crippen LogP contribution in [0.4, 0.5) is 4.39 Å². The van der Waals surface area contributed by atoms with Crippen LogP contribution in [-0.2, 0) is 0 Å². The van der Waals surface area contributed by atoms with Crippen molar-refractivity contribution < 1.29 is 19.0 Å². The van der Waals surface area contributed by atoms with Gasteiger partial charge in [-0.15, -0.1) is 0 Å². The number of nitriles is 1. The number of rotatable bonds is 3. The van der Waals surface area contributed by atoms with Crippen LogP contribution in [0.3, 0.4) is 0 Å². The van der Waals surface area contributed by atoms with Crippen molar-refractivity contribution in [3.8, 4) is 17.6 Å². The highest BCUT2D eigenvalue weighted by molar-refractivity contribution is 5.91. The molecule has 0 saturated carbocycles. The quantitative estimate of drug-likeness (QED) is 0.914. The Morgan fingerprint density at radius 3 is 2.74 bits per heavy atom.